The van der Waals surface area contributed by atoms with E-state index in [2.05, 4.69) is 10.6 Å². The molecule has 0 bridgehead atoms. The Bertz CT molecular complexity index is 782. The number of amides is 2. The topological polar surface area (TPSA) is 75.3 Å². The highest BCUT2D eigenvalue weighted by Crippen LogP contribution is 2.15. The standard InChI is InChI=1S/C21H24N2O3/c1-3-16-6-4-5-7-18(16)23-21(26)14-22-20(25)13-12-19(24)17-10-8-15(2)9-11-17/h4-11H,3,12-14H2,1-2H3,(H,22,25)(H,23,26). The maximum atomic E-state index is 12.1. The number of carbonyl (C=O) groups is 3. The van der Waals surface area contributed by atoms with Gasteiger partial charge in [-0.05, 0) is 25.0 Å². The van der Waals surface area contributed by atoms with Crippen LogP contribution in [0.25, 0.3) is 0 Å². The minimum atomic E-state index is -0.315. The molecule has 0 unspecified atom stereocenters. The number of aryl methyl sites for hydroxylation is 2. The van der Waals surface area contributed by atoms with E-state index in [9.17, 15) is 14.4 Å². The molecule has 0 aliphatic rings. The molecule has 0 aromatic heterocycles. The Labute approximate surface area is 153 Å². The largest absolute Gasteiger partial charge is 0.347 e. The van der Waals surface area contributed by atoms with Gasteiger partial charge in [0.1, 0.15) is 0 Å². The number of carbonyl (C=O) groups excluding carboxylic acids is 3. The summed E-state index contributed by atoms with van der Waals surface area (Å²) in [5.41, 5.74) is 3.46. The number of nitrogens with one attached hydrogen (secondary N) is 2. The molecule has 2 rings (SSSR count). The first-order valence-corrected chi connectivity index (χ1v) is 8.74. The minimum absolute atomic E-state index is 0.0610. The summed E-state index contributed by atoms with van der Waals surface area (Å²) in [4.78, 5) is 35.9. The molecule has 0 fully saturated rings. The maximum absolute atomic E-state index is 12.1. The average molecular weight is 352 g/mol. The van der Waals surface area contributed by atoms with E-state index in [4.69, 9.17) is 0 Å². The van der Waals surface area contributed by atoms with Crippen LogP contribution in [0.5, 0.6) is 0 Å². The molecule has 5 nitrogen and oxygen atoms in total. The van der Waals surface area contributed by atoms with Crippen LogP contribution < -0.4 is 10.6 Å². The van der Waals surface area contributed by atoms with Crippen LogP contribution in [-0.4, -0.2) is 24.1 Å². The van der Waals surface area contributed by atoms with Crippen LogP contribution in [0, 0.1) is 6.92 Å². The van der Waals surface area contributed by atoms with Gasteiger partial charge >= 0.3 is 0 Å². The Balaban J connectivity index is 1.75. The van der Waals surface area contributed by atoms with Crippen LogP contribution in [-0.2, 0) is 16.0 Å². The van der Waals surface area contributed by atoms with Crippen molar-refractivity contribution in [2.45, 2.75) is 33.1 Å². The summed E-state index contributed by atoms with van der Waals surface area (Å²) in [6.45, 7) is 3.85. The molecule has 2 N–H and O–H groups in total. The van der Waals surface area contributed by atoms with Gasteiger partial charge in [-0.1, -0.05) is 55.0 Å². The van der Waals surface area contributed by atoms with Gasteiger partial charge in [0, 0.05) is 24.1 Å². The minimum Gasteiger partial charge on any atom is -0.347 e. The molecule has 26 heavy (non-hydrogen) atoms. The molecular weight excluding hydrogens is 328 g/mol. The molecule has 0 aliphatic heterocycles. The fourth-order valence-electron chi connectivity index (χ4n) is 2.52. The lowest BCUT2D eigenvalue weighted by Gasteiger charge is -2.10. The molecule has 0 aliphatic carbocycles. The smallest absolute Gasteiger partial charge is 0.243 e. The number of benzene rings is 2. The van der Waals surface area contributed by atoms with E-state index >= 15 is 0 Å². The monoisotopic (exact) mass is 352 g/mol. The summed E-state index contributed by atoms with van der Waals surface area (Å²) >= 11 is 0. The Morgan fingerprint density at radius 1 is 0.885 bits per heavy atom. The maximum Gasteiger partial charge on any atom is 0.243 e. The summed E-state index contributed by atoms with van der Waals surface area (Å²) in [7, 11) is 0. The third-order valence-electron chi connectivity index (χ3n) is 4.07. The number of rotatable bonds is 8. The lowest BCUT2D eigenvalue weighted by Crippen LogP contribution is -2.33. The first-order valence-electron chi connectivity index (χ1n) is 8.74. The van der Waals surface area contributed by atoms with Crippen molar-refractivity contribution < 1.29 is 14.4 Å². The zero-order valence-corrected chi connectivity index (χ0v) is 15.2. The predicted molar refractivity (Wildman–Crippen MR) is 102 cm³/mol. The summed E-state index contributed by atoms with van der Waals surface area (Å²) in [5.74, 6) is -0.685. The van der Waals surface area contributed by atoms with Crippen molar-refractivity contribution in [2.75, 3.05) is 11.9 Å². The highest BCUT2D eigenvalue weighted by Gasteiger charge is 2.11. The first kappa shape index (κ1) is 19.4. The second kappa shape index (κ2) is 9.51. The Morgan fingerprint density at radius 3 is 2.27 bits per heavy atom. The van der Waals surface area contributed by atoms with Gasteiger partial charge in [0.25, 0.3) is 0 Å². The van der Waals surface area contributed by atoms with E-state index < -0.39 is 0 Å². The average Bonchev–Trinajstić information content (AvgIpc) is 2.65. The van der Waals surface area contributed by atoms with Crippen LogP contribution in [0.4, 0.5) is 5.69 Å². The van der Waals surface area contributed by atoms with Crippen molar-refractivity contribution in [2.24, 2.45) is 0 Å². The van der Waals surface area contributed by atoms with Gasteiger partial charge in [-0.15, -0.1) is 0 Å². The molecule has 136 valence electrons. The zero-order chi connectivity index (χ0) is 18.9. The molecule has 2 amide bonds. The third-order valence-corrected chi connectivity index (χ3v) is 4.07. The Kier molecular flexibility index (Phi) is 7.09. The number of para-hydroxylation sites is 1. The molecule has 2 aromatic carbocycles. The lowest BCUT2D eigenvalue weighted by atomic mass is 10.1. The lowest BCUT2D eigenvalue weighted by molar-refractivity contribution is -0.124. The van der Waals surface area contributed by atoms with Crippen LogP contribution in [0.1, 0.15) is 41.3 Å². The van der Waals surface area contributed by atoms with Crippen LogP contribution in [0.2, 0.25) is 0 Å². The second-order valence-electron chi connectivity index (χ2n) is 6.12. The molecule has 5 heteroatoms. The molecule has 0 saturated heterocycles. The van der Waals surface area contributed by atoms with E-state index in [-0.39, 0.29) is 37.0 Å². The van der Waals surface area contributed by atoms with Gasteiger partial charge in [-0.3, -0.25) is 14.4 Å². The quantitative estimate of drug-likeness (QED) is 0.716. The molecule has 0 heterocycles. The molecule has 2 aromatic rings. The van der Waals surface area contributed by atoms with Gasteiger partial charge in [0.2, 0.25) is 11.8 Å². The van der Waals surface area contributed by atoms with Gasteiger partial charge in [0.15, 0.2) is 5.78 Å². The third kappa shape index (κ3) is 5.84. The van der Waals surface area contributed by atoms with Gasteiger partial charge in [0.05, 0.1) is 6.54 Å². The van der Waals surface area contributed by atoms with Gasteiger partial charge < -0.3 is 10.6 Å². The number of anilines is 1. The normalized spacial score (nSPS) is 10.2. The molecular formula is C21H24N2O3. The summed E-state index contributed by atoms with van der Waals surface area (Å²) in [6.07, 6.45) is 0.991. The number of hydrogen-bond acceptors (Lipinski definition) is 3. The molecule has 0 atom stereocenters. The summed E-state index contributed by atoms with van der Waals surface area (Å²) in [5, 5.41) is 5.35. The van der Waals surface area contributed by atoms with E-state index in [0.717, 1.165) is 23.2 Å². The van der Waals surface area contributed by atoms with Gasteiger partial charge in [-0.2, -0.15) is 0 Å². The fraction of sp³-hybridized carbons (Fsp3) is 0.286. The number of ketones is 1. The van der Waals surface area contributed by atoms with E-state index in [1.54, 1.807) is 12.1 Å². The zero-order valence-electron chi connectivity index (χ0n) is 15.2. The second-order valence-corrected chi connectivity index (χ2v) is 6.12. The fourth-order valence-corrected chi connectivity index (χ4v) is 2.52. The molecule has 0 saturated carbocycles. The van der Waals surface area contributed by atoms with Crippen LogP contribution >= 0.6 is 0 Å². The van der Waals surface area contributed by atoms with Crippen molar-refractivity contribution in [1.82, 2.24) is 5.32 Å². The van der Waals surface area contributed by atoms with Crippen molar-refractivity contribution in [3.8, 4) is 0 Å². The molecule has 0 spiro atoms. The van der Waals surface area contributed by atoms with E-state index in [0.29, 0.717) is 5.56 Å². The van der Waals surface area contributed by atoms with Crippen molar-refractivity contribution >= 4 is 23.3 Å². The SMILES string of the molecule is CCc1ccccc1NC(=O)CNC(=O)CCC(=O)c1ccc(C)cc1. The van der Waals surface area contributed by atoms with Crippen molar-refractivity contribution in [1.29, 1.82) is 0 Å². The van der Waals surface area contributed by atoms with E-state index in [1.807, 2.05) is 50.2 Å². The Hall–Kier alpha value is -2.95. The van der Waals surface area contributed by atoms with Crippen molar-refractivity contribution in [3.05, 3.63) is 65.2 Å². The van der Waals surface area contributed by atoms with E-state index in [1.165, 1.54) is 0 Å². The predicted octanol–water partition coefficient (Wildman–Crippen LogP) is 3.28. The summed E-state index contributed by atoms with van der Waals surface area (Å²) < 4.78 is 0. The Morgan fingerprint density at radius 2 is 1.58 bits per heavy atom. The first-order chi connectivity index (χ1) is 12.5. The summed E-state index contributed by atoms with van der Waals surface area (Å²) in [6, 6.07) is 14.8. The number of Topliss-reactive ketones (excluding diaryl/α,β-unsaturated/α-hetero) is 1. The highest BCUT2D eigenvalue weighted by molar-refractivity contribution is 5.99. The van der Waals surface area contributed by atoms with Crippen LogP contribution in [0.3, 0.4) is 0 Å². The van der Waals surface area contributed by atoms with Crippen molar-refractivity contribution in [3.63, 3.8) is 0 Å². The highest BCUT2D eigenvalue weighted by atomic mass is 16.2. The van der Waals surface area contributed by atoms with Gasteiger partial charge in [-0.25, -0.2) is 0 Å². The molecule has 0 radical (unpaired) electrons. The van der Waals surface area contributed by atoms with Crippen LogP contribution in [0.15, 0.2) is 48.5 Å². The number of hydrogen-bond donors (Lipinski definition) is 2.